The predicted molar refractivity (Wildman–Crippen MR) is 69.9 cm³/mol. The molecular formula is C14H19NO3. The topological polar surface area (TPSA) is 72.5 Å². The number of aromatic carboxylic acids is 1. The van der Waals surface area contributed by atoms with Crippen LogP contribution in [0, 0.1) is 5.92 Å². The Morgan fingerprint density at radius 3 is 2.72 bits per heavy atom. The third-order valence-electron chi connectivity index (χ3n) is 3.50. The highest BCUT2D eigenvalue weighted by atomic mass is 16.5. The minimum absolute atomic E-state index is 0.108. The van der Waals surface area contributed by atoms with Gasteiger partial charge in [0.2, 0.25) is 0 Å². The number of hydrogen-bond acceptors (Lipinski definition) is 3. The van der Waals surface area contributed by atoms with Gasteiger partial charge < -0.3 is 15.6 Å². The highest BCUT2D eigenvalue weighted by Crippen LogP contribution is 2.28. The van der Waals surface area contributed by atoms with E-state index in [9.17, 15) is 4.79 Å². The average molecular weight is 249 g/mol. The molecule has 0 unspecified atom stereocenters. The Hall–Kier alpha value is -1.71. The Labute approximate surface area is 107 Å². The second-order valence-corrected chi connectivity index (χ2v) is 4.84. The van der Waals surface area contributed by atoms with Crippen molar-refractivity contribution in [2.75, 3.05) is 12.3 Å². The zero-order valence-electron chi connectivity index (χ0n) is 10.4. The van der Waals surface area contributed by atoms with E-state index in [0.717, 1.165) is 0 Å². The maximum Gasteiger partial charge on any atom is 0.337 e. The van der Waals surface area contributed by atoms with Crippen LogP contribution in [0.2, 0.25) is 0 Å². The van der Waals surface area contributed by atoms with Gasteiger partial charge in [-0.25, -0.2) is 4.79 Å². The molecule has 1 saturated carbocycles. The number of hydrogen-bond donors (Lipinski definition) is 2. The third kappa shape index (κ3) is 2.94. The lowest BCUT2D eigenvalue weighted by molar-refractivity contribution is 0.0697. The van der Waals surface area contributed by atoms with E-state index in [4.69, 9.17) is 15.6 Å². The summed E-state index contributed by atoms with van der Waals surface area (Å²) < 4.78 is 5.68. The van der Waals surface area contributed by atoms with Crippen molar-refractivity contribution in [3.8, 4) is 5.75 Å². The van der Waals surface area contributed by atoms with Crippen LogP contribution in [0.3, 0.4) is 0 Å². The number of anilines is 1. The van der Waals surface area contributed by atoms with Crippen LogP contribution in [0.25, 0.3) is 0 Å². The van der Waals surface area contributed by atoms with Gasteiger partial charge >= 0.3 is 5.97 Å². The SMILES string of the molecule is Nc1c(OCC2CCCCC2)cccc1C(=O)O. The van der Waals surface area contributed by atoms with Gasteiger partial charge in [0.25, 0.3) is 0 Å². The average Bonchev–Trinajstić information content (AvgIpc) is 2.38. The molecule has 0 saturated heterocycles. The molecule has 0 bridgehead atoms. The van der Waals surface area contributed by atoms with Crippen molar-refractivity contribution in [1.82, 2.24) is 0 Å². The van der Waals surface area contributed by atoms with Crippen molar-refractivity contribution in [3.63, 3.8) is 0 Å². The fraction of sp³-hybridized carbons (Fsp3) is 0.500. The number of nitrogen functional groups attached to an aromatic ring is 1. The number of para-hydroxylation sites is 1. The van der Waals surface area contributed by atoms with Gasteiger partial charge in [0.1, 0.15) is 5.75 Å². The molecule has 0 spiro atoms. The first kappa shape index (κ1) is 12.7. The van der Waals surface area contributed by atoms with Gasteiger partial charge in [0.15, 0.2) is 0 Å². The largest absolute Gasteiger partial charge is 0.491 e. The number of carbonyl (C=O) groups is 1. The highest BCUT2D eigenvalue weighted by Gasteiger charge is 2.16. The number of ether oxygens (including phenoxy) is 1. The van der Waals surface area contributed by atoms with Gasteiger partial charge in [-0.3, -0.25) is 0 Å². The van der Waals surface area contributed by atoms with E-state index in [1.165, 1.54) is 38.2 Å². The van der Waals surface area contributed by atoms with Crippen molar-refractivity contribution in [2.45, 2.75) is 32.1 Å². The second-order valence-electron chi connectivity index (χ2n) is 4.84. The zero-order valence-corrected chi connectivity index (χ0v) is 10.4. The molecule has 4 nitrogen and oxygen atoms in total. The van der Waals surface area contributed by atoms with Crippen LogP contribution >= 0.6 is 0 Å². The fourth-order valence-electron chi connectivity index (χ4n) is 2.42. The summed E-state index contributed by atoms with van der Waals surface area (Å²) in [6, 6.07) is 4.88. The maximum atomic E-state index is 10.9. The predicted octanol–water partition coefficient (Wildman–Crippen LogP) is 2.93. The van der Waals surface area contributed by atoms with Gasteiger partial charge in [-0.1, -0.05) is 25.3 Å². The Bertz CT molecular complexity index is 425. The van der Waals surface area contributed by atoms with Crippen molar-refractivity contribution in [1.29, 1.82) is 0 Å². The van der Waals surface area contributed by atoms with Crippen LogP contribution in [0.1, 0.15) is 42.5 Å². The molecule has 0 heterocycles. The monoisotopic (exact) mass is 249 g/mol. The molecule has 1 aliphatic carbocycles. The second kappa shape index (κ2) is 5.76. The van der Waals surface area contributed by atoms with E-state index < -0.39 is 5.97 Å². The van der Waals surface area contributed by atoms with Crippen molar-refractivity contribution >= 4 is 11.7 Å². The van der Waals surface area contributed by atoms with E-state index in [0.29, 0.717) is 18.3 Å². The van der Waals surface area contributed by atoms with Crippen LogP contribution in [0.5, 0.6) is 5.75 Å². The van der Waals surface area contributed by atoms with Crippen molar-refractivity contribution < 1.29 is 14.6 Å². The Morgan fingerprint density at radius 1 is 1.33 bits per heavy atom. The van der Waals surface area contributed by atoms with Crippen LogP contribution in [0.4, 0.5) is 5.69 Å². The summed E-state index contributed by atoms with van der Waals surface area (Å²) in [5.41, 5.74) is 6.12. The van der Waals surface area contributed by atoms with Crippen LogP contribution < -0.4 is 10.5 Å². The number of benzene rings is 1. The van der Waals surface area contributed by atoms with Gasteiger partial charge in [-0.05, 0) is 30.9 Å². The summed E-state index contributed by atoms with van der Waals surface area (Å²) in [5.74, 6) is 0.0442. The van der Waals surface area contributed by atoms with Crippen LogP contribution in [-0.4, -0.2) is 17.7 Å². The lowest BCUT2D eigenvalue weighted by atomic mass is 9.90. The maximum absolute atomic E-state index is 10.9. The molecular weight excluding hydrogens is 230 g/mol. The van der Waals surface area contributed by atoms with E-state index in [1.54, 1.807) is 12.1 Å². The molecule has 0 atom stereocenters. The molecule has 1 aromatic rings. The van der Waals surface area contributed by atoms with E-state index in [2.05, 4.69) is 0 Å². The molecule has 0 aliphatic heterocycles. The summed E-state index contributed by atoms with van der Waals surface area (Å²) in [5, 5.41) is 8.97. The summed E-state index contributed by atoms with van der Waals surface area (Å²) in [6.45, 7) is 0.632. The molecule has 1 aliphatic rings. The molecule has 0 radical (unpaired) electrons. The molecule has 1 aromatic carbocycles. The minimum atomic E-state index is -1.02. The first-order chi connectivity index (χ1) is 8.68. The Kier molecular flexibility index (Phi) is 4.07. The van der Waals surface area contributed by atoms with Crippen LogP contribution in [0.15, 0.2) is 18.2 Å². The molecule has 1 fully saturated rings. The fourth-order valence-corrected chi connectivity index (χ4v) is 2.42. The smallest absolute Gasteiger partial charge is 0.337 e. The minimum Gasteiger partial charge on any atom is -0.491 e. The summed E-state index contributed by atoms with van der Waals surface area (Å²) in [7, 11) is 0. The molecule has 4 heteroatoms. The zero-order chi connectivity index (χ0) is 13.0. The van der Waals surface area contributed by atoms with Gasteiger partial charge in [0.05, 0.1) is 17.9 Å². The van der Waals surface area contributed by atoms with E-state index >= 15 is 0 Å². The first-order valence-corrected chi connectivity index (χ1v) is 6.43. The third-order valence-corrected chi connectivity index (χ3v) is 3.50. The van der Waals surface area contributed by atoms with E-state index in [-0.39, 0.29) is 11.3 Å². The lowest BCUT2D eigenvalue weighted by Gasteiger charge is -2.22. The molecule has 0 aromatic heterocycles. The number of rotatable bonds is 4. The quantitative estimate of drug-likeness (QED) is 0.805. The van der Waals surface area contributed by atoms with Crippen molar-refractivity contribution in [2.24, 2.45) is 5.92 Å². The Morgan fingerprint density at radius 2 is 2.06 bits per heavy atom. The number of nitrogens with two attached hydrogens (primary N) is 1. The number of carboxylic acids is 1. The molecule has 18 heavy (non-hydrogen) atoms. The Balaban J connectivity index is 2.00. The first-order valence-electron chi connectivity index (χ1n) is 6.43. The van der Waals surface area contributed by atoms with Gasteiger partial charge in [-0.2, -0.15) is 0 Å². The normalized spacial score (nSPS) is 16.4. The summed E-state index contributed by atoms with van der Waals surface area (Å²) in [6.07, 6.45) is 6.22. The highest BCUT2D eigenvalue weighted by molar-refractivity contribution is 5.95. The molecule has 98 valence electrons. The van der Waals surface area contributed by atoms with E-state index in [1.807, 2.05) is 0 Å². The summed E-state index contributed by atoms with van der Waals surface area (Å²) in [4.78, 5) is 10.9. The molecule has 0 amide bonds. The molecule has 3 N–H and O–H groups in total. The number of carboxylic acid groups (broad SMARTS) is 1. The van der Waals surface area contributed by atoms with Crippen LogP contribution in [-0.2, 0) is 0 Å². The van der Waals surface area contributed by atoms with Gasteiger partial charge in [0, 0.05) is 0 Å². The standard InChI is InChI=1S/C14H19NO3/c15-13-11(14(16)17)7-4-8-12(13)18-9-10-5-2-1-3-6-10/h4,7-8,10H,1-3,5-6,9,15H2,(H,16,17). The molecule has 2 rings (SSSR count). The lowest BCUT2D eigenvalue weighted by Crippen LogP contribution is -2.16. The van der Waals surface area contributed by atoms with Crippen molar-refractivity contribution in [3.05, 3.63) is 23.8 Å². The van der Waals surface area contributed by atoms with Gasteiger partial charge in [-0.15, -0.1) is 0 Å². The summed E-state index contributed by atoms with van der Waals surface area (Å²) >= 11 is 0.